The molecule has 1 heterocycles. The summed E-state index contributed by atoms with van der Waals surface area (Å²) < 4.78 is 6.84. The van der Waals surface area contributed by atoms with Crippen LogP contribution in [-0.4, -0.2) is 19.7 Å². The topological polar surface area (TPSA) is 21.3 Å². The highest BCUT2D eigenvalue weighted by Crippen LogP contribution is 2.23. The van der Waals surface area contributed by atoms with Gasteiger partial charge in [-0.1, -0.05) is 28.1 Å². The lowest BCUT2D eigenvalue weighted by atomic mass is 10.1. The summed E-state index contributed by atoms with van der Waals surface area (Å²) in [6.45, 7) is 4.79. The molecule has 2 nitrogen and oxygen atoms in total. The van der Waals surface area contributed by atoms with Crippen LogP contribution in [0.2, 0.25) is 0 Å². The van der Waals surface area contributed by atoms with Crippen molar-refractivity contribution in [1.29, 1.82) is 0 Å². The molecular formula is C11H14BrNO. The number of aryl methyl sites for hydroxylation is 1. The normalized spacial score (nSPS) is 22.3. The van der Waals surface area contributed by atoms with E-state index >= 15 is 0 Å². The smallest absolute Gasteiger partial charge is 0.0949 e. The lowest BCUT2D eigenvalue weighted by molar-refractivity contribution is 0.0276. The Labute approximate surface area is 92.8 Å². The van der Waals surface area contributed by atoms with Crippen LogP contribution in [0.1, 0.15) is 17.2 Å². The van der Waals surface area contributed by atoms with Crippen molar-refractivity contribution in [1.82, 2.24) is 5.32 Å². The monoisotopic (exact) mass is 255 g/mol. The van der Waals surface area contributed by atoms with Gasteiger partial charge in [-0.3, -0.25) is 0 Å². The molecule has 1 fully saturated rings. The summed E-state index contributed by atoms with van der Waals surface area (Å²) in [5, 5.41) is 3.33. The van der Waals surface area contributed by atoms with E-state index in [1.807, 2.05) is 0 Å². The summed E-state index contributed by atoms with van der Waals surface area (Å²) >= 11 is 3.50. The van der Waals surface area contributed by atoms with Gasteiger partial charge in [0.05, 0.1) is 12.7 Å². The fraction of sp³-hybridized carbons (Fsp3) is 0.455. The number of morpholine rings is 1. The molecular weight excluding hydrogens is 242 g/mol. The second-order valence-electron chi connectivity index (χ2n) is 3.57. The maximum atomic E-state index is 5.68. The number of rotatable bonds is 1. The molecule has 2 rings (SSSR count). The highest BCUT2D eigenvalue weighted by molar-refractivity contribution is 9.10. The molecule has 1 aliphatic rings. The molecule has 0 saturated carbocycles. The Hall–Kier alpha value is -0.380. The first kappa shape index (κ1) is 10.1. The van der Waals surface area contributed by atoms with Crippen LogP contribution in [0.4, 0.5) is 0 Å². The van der Waals surface area contributed by atoms with Crippen LogP contribution >= 0.6 is 15.9 Å². The standard InChI is InChI=1S/C11H14BrNO/c1-8-6-9(2-3-10(8)12)11-7-13-4-5-14-11/h2-3,6,11,13H,4-5,7H2,1H3. The second-order valence-corrected chi connectivity index (χ2v) is 4.43. The molecule has 14 heavy (non-hydrogen) atoms. The molecule has 1 aromatic rings. The van der Waals surface area contributed by atoms with Crippen LogP contribution < -0.4 is 5.32 Å². The number of hydrogen-bond acceptors (Lipinski definition) is 2. The molecule has 1 atom stereocenters. The number of nitrogens with one attached hydrogen (secondary N) is 1. The summed E-state index contributed by atoms with van der Waals surface area (Å²) in [7, 11) is 0. The van der Waals surface area contributed by atoms with E-state index in [2.05, 4.69) is 46.4 Å². The van der Waals surface area contributed by atoms with Crippen LogP contribution in [0.3, 0.4) is 0 Å². The number of hydrogen-bond donors (Lipinski definition) is 1. The molecule has 0 radical (unpaired) electrons. The van der Waals surface area contributed by atoms with Crippen molar-refractivity contribution in [3.63, 3.8) is 0 Å². The van der Waals surface area contributed by atoms with E-state index in [1.54, 1.807) is 0 Å². The molecule has 76 valence electrons. The minimum Gasteiger partial charge on any atom is -0.371 e. The Morgan fingerprint density at radius 2 is 2.36 bits per heavy atom. The van der Waals surface area contributed by atoms with Gasteiger partial charge in [0.2, 0.25) is 0 Å². The highest BCUT2D eigenvalue weighted by Gasteiger charge is 2.15. The van der Waals surface area contributed by atoms with Gasteiger partial charge < -0.3 is 10.1 Å². The molecule has 0 bridgehead atoms. The number of halogens is 1. The molecule has 1 unspecified atom stereocenters. The quantitative estimate of drug-likeness (QED) is 0.833. The molecule has 1 saturated heterocycles. The average Bonchev–Trinajstić information content (AvgIpc) is 2.23. The molecule has 1 aromatic carbocycles. The minimum absolute atomic E-state index is 0.218. The fourth-order valence-corrected chi connectivity index (χ4v) is 1.89. The predicted octanol–water partition coefficient (Wildman–Crippen LogP) is 2.42. The third-order valence-electron chi connectivity index (χ3n) is 2.48. The van der Waals surface area contributed by atoms with E-state index in [-0.39, 0.29) is 6.10 Å². The van der Waals surface area contributed by atoms with E-state index in [0.29, 0.717) is 0 Å². The molecule has 3 heteroatoms. The van der Waals surface area contributed by atoms with Gasteiger partial charge in [-0.15, -0.1) is 0 Å². The van der Waals surface area contributed by atoms with Crippen LogP contribution in [0.5, 0.6) is 0 Å². The largest absolute Gasteiger partial charge is 0.371 e. The zero-order chi connectivity index (χ0) is 9.97. The van der Waals surface area contributed by atoms with Gasteiger partial charge in [-0.05, 0) is 24.1 Å². The van der Waals surface area contributed by atoms with Crippen LogP contribution in [0.15, 0.2) is 22.7 Å². The van der Waals surface area contributed by atoms with Gasteiger partial charge in [0, 0.05) is 17.6 Å². The van der Waals surface area contributed by atoms with E-state index in [1.165, 1.54) is 11.1 Å². The molecule has 1 N–H and O–H groups in total. The Morgan fingerprint density at radius 1 is 1.50 bits per heavy atom. The zero-order valence-electron chi connectivity index (χ0n) is 8.22. The summed E-state index contributed by atoms with van der Waals surface area (Å²) in [6, 6.07) is 6.39. The lowest BCUT2D eigenvalue weighted by Gasteiger charge is -2.24. The average molecular weight is 256 g/mol. The van der Waals surface area contributed by atoms with E-state index < -0.39 is 0 Å². The van der Waals surface area contributed by atoms with E-state index in [4.69, 9.17) is 4.74 Å². The third kappa shape index (κ3) is 2.16. The molecule has 1 aliphatic heterocycles. The zero-order valence-corrected chi connectivity index (χ0v) is 9.80. The van der Waals surface area contributed by atoms with Crippen molar-refractivity contribution >= 4 is 15.9 Å². The third-order valence-corrected chi connectivity index (χ3v) is 3.37. The summed E-state index contributed by atoms with van der Waals surface area (Å²) in [4.78, 5) is 0. The first-order chi connectivity index (χ1) is 6.77. The van der Waals surface area contributed by atoms with Crippen LogP contribution in [0, 0.1) is 6.92 Å². The van der Waals surface area contributed by atoms with Crippen molar-refractivity contribution in [2.24, 2.45) is 0 Å². The lowest BCUT2D eigenvalue weighted by Crippen LogP contribution is -2.33. The Morgan fingerprint density at radius 3 is 3.00 bits per heavy atom. The van der Waals surface area contributed by atoms with Gasteiger partial charge in [0.15, 0.2) is 0 Å². The first-order valence-corrected chi connectivity index (χ1v) is 5.65. The number of benzene rings is 1. The SMILES string of the molecule is Cc1cc(C2CNCCO2)ccc1Br. The molecule has 0 spiro atoms. The molecule has 0 amide bonds. The van der Waals surface area contributed by atoms with Crippen molar-refractivity contribution < 1.29 is 4.74 Å². The van der Waals surface area contributed by atoms with Crippen molar-refractivity contribution in [3.8, 4) is 0 Å². The van der Waals surface area contributed by atoms with Gasteiger partial charge >= 0.3 is 0 Å². The summed E-state index contributed by atoms with van der Waals surface area (Å²) in [6.07, 6.45) is 0.218. The van der Waals surface area contributed by atoms with Gasteiger partial charge in [-0.2, -0.15) is 0 Å². The molecule has 0 aromatic heterocycles. The van der Waals surface area contributed by atoms with E-state index in [0.717, 1.165) is 24.2 Å². The van der Waals surface area contributed by atoms with Crippen LogP contribution in [-0.2, 0) is 4.74 Å². The Bertz CT molecular complexity index is 321. The minimum atomic E-state index is 0.218. The van der Waals surface area contributed by atoms with E-state index in [9.17, 15) is 0 Å². The van der Waals surface area contributed by atoms with Gasteiger partial charge in [-0.25, -0.2) is 0 Å². The summed E-state index contributed by atoms with van der Waals surface area (Å²) in [5.41, 5.74) is 2.52. The summed E-state index contributed by atoms with van der Waals surface area (Å²) in [5.74, 6) is 0. The van der Waals surface area contributed by atoms with Gasteiger partial charge in [0.1, 0.15) is 0 Å². The maximum Gasteiger partial charge on any atom is 0.0949 e. The Kier molecular flexibility index (Phi) is 3.21. The number of ether oxygens (including phenoxy) is 1. The van der Waals surface area contributed by atoms with Crippen molar-refractivity contribution in [2.75, 3.05) is 19.7 Å². The molecule has 0 aliphatic carbocycles. The maximum absolute atomic E-state index is 5.68. The Balaban J connectivity index is 2.18. The van der Waals surface area contributed by atoms with Crippen molar-refractivity contribution in [3.05, 3.63) is 33.8 Å². The van der Waals surface area contributed by atoms with Crippen molar-refractivity contribution in [2.45, 2.75) is 13.0 Å². The highest BCUT2D eigenvalue weighted by atomic mass is 79.9. The predicted molar refractivity (Wildman–Crippen MR) is 60.4 cm³/mol. The second kappa shape index (κ2) is 4.43. The van der Waals surface area contributed by atoms with Gasteiger partial charge in [0.25, 0.3) is 0 Å². The fourth-order valence-electron chi connectivity index (χ4n) is 1.65. The first-order valence-electron chi connectivity index (χ1n) is 4.86. The van der Waals surface area contributed by atoms with Crippen LogP contribution in [0.25, 0.3) is 0 Å².